The monoisotopic (exact) mass is 462 g/mol. The van der Waals surface area contributed by atoms with Crippen LogP contribution in [0.3, 0.4) is 0 Å². The first-order chi connectivity index (χ1) is 15.3. The van der Waals surface area contributed by atoms with E-state index in [2.05, 4.69) is 5.32 Å². The molecular weight excluding hydrogens is 436 g/mol. The maximum Gasteiger partial charge on any atom is 0.232 e. The van der Waals surface area contributed by atoms with Crippen LogP contribution in [-0.4, -0.2) is 47.1 Å². The summed E-state index contributed by atoms with van der Waals surface area (Å²) in [5.74, 6) is 2.29. The Bertz CT molecular complexity index is 1100. The van der Waals surface area contributed by atoms with Gasteiger partial charge < -0.3 is 24.3 Å². The molecule has 0 saturated carbocycles. The van der Waals surface area contributed by atoms with Gasteiger partial charge in [-0.3, -0.25) is 9.10 Å². The highest BCUT2D eigenvalue weighted by Gasteiger charge is 2.22. The van der Waals surface area contributed by atoms with Gasteiger partial charge in [0.05, 0.1) is 18.0 Å². The van der Waals surface area contributed by atoms with Crippen molar-refractivity contribution in [3.63, 3.8) is 0 Å². The van der Waals surface area contributed by atoms with Crippen molar-refractivity contribution in [2.45, 2.75) is 25.8 Å². The minimum Gasteiger partial charge on any atom is -0.486 e. The average Bonchev–Trinajstić information content (AvgIpc) is 3.23. The molecule has 0 aliphatic carbocycles. The van der Waals surface area contributed by atoms with E-state index in [1.54, 1.807) is 18.2 Å². The predicted molar refractivity (Wildman–Crippen MR) is 118 cm³/mol. The fourth-order valence-corrected chi connectivity index (χ4v) is 4.59. The van der Waals surface area contributed by atoms with Crippen molar-refractivity contribution in [2.24, 2.45) is 0 Å². The molecule has 1 N–H and O–H groups in total. The molecule has 1 atom stereocenters. The number of nitrogens with zero attached hydrogens (tertiary/aromatic N) is 1. The van der Waals surface area contributed by atoms with Crippen molar-refractivity contribution >= 4 is 21.6 Å². The molecule has 0 bridgehead atoms. The second-order valence-electron chi connectivity index (χ2n) is 7.67. The first kappa shape index (κ1) is 22.1. The van der Waals surface area contributed by atoms with E-state index < -0.39 is 10.0 Å². The van der Waals surface area contributed by atoms with Crippen LogP contribution in [0, 0.1) is 0 Å². The summed E-state index contributed by atoms with van der Waals surface area (Å²) >= 11 is 0. The van der Waals surface area contributed by atoms with Gasteiger partial charge in [0, 0.05) is 19.0 Å². The summed E-state index contributed by atoms with van der Waals surface area (Å²) in [5.41, 5.74) is 1.38. The third-order valence-corrected chi connectivity index (χ3v) is 6.45. The number of sulfonamides is 1. The summed E-state index contributed by atoms with van der Waals surface area (Å²) in [6, 6.07) is 10.3. The van der Waals surface area contributed by atoms with Gasteiger partial charge in [-0.15, -0.1) is 0 Å². The molecule has 1 unspecified atom stereocenters. The number of hydrogen-bond acceptors (Lipinski definition) is 7. The zero-order chi connectivity index (χ0) is 22.7. The van der Waals surface area contributed by atoms with Crippen LogP contribution >= 0.6 is 0 Å². The van der Waals surface area contributed by atoms with Crippen LogP contribution in [0.5, 0.6) is 23.0 Å². The van der Waals surface area contributed by atoms with Crippen LogP contribution in [0.2, 0.25) is 0 Å². The van der Waals surface area contributed by atoms with E-state index in [1.807, 2.05) is 25.1 Å². The third kappa shape index (κ3) is 5.01. The second-order valence-corrected chi connectivity index (χ2v) is 9.58. The van der Waals surface area contributed by atoms with Crippen LogP contribution in [0.25, 0.3) is 0 Å². The molecule has 10 heteroatoms. The molecule has 32 heavy (non-hydrogen) atoms. The van der Waals surface area contributed by atoms with Gasteiger partial charge in [0.25, 0.3) is 0 Å². The normalized spacial score (nSPS) is 15.2. The van der Waals surface area contributed by atoms with Gasteiger partial charge in [0.15, 0.2) is 23.0 Å². The second kappa shape index (κ2) is 9.15. The van der Waals surface area contributed by atoms with E-state index in [9.17, 15) is 13.2 Å². The number of carbonyl (C=O) groups excluding carboxylic acids is 1. The lowest BCUT2D eigenvalue weighted by Crippen LogP contribution is -2.32. The van der Waals surface area contributed by atoms with Gasteiger partial charge in [-0.2, -0.15) is 0 Å². The highest BCUT2D eigenvalue weighted by atomic mass is 32.2. The number of nitrogens with one attached hydrogen (secondary N) is 1. The maximum atomic E-state index is 12.5. The molecular formula is C22H26N2O7S. The largest absolute Gasteiger partial charge is 0.486 e. The molecule has 4 rings (SSSR count). The lowest BCUT2D eigenvalue weighted by atomic mass is 10.1. The highest BCUT2D eigenvalue weighted by Crippen LogP contribution is 2.36. The molecule has 0 spiro atoms. The number of amides is 1. The standard InChI is InChI=1S/C22H26N2O7S/c1-15(16-5-7-18-20(12-16)29-11-10-28-18)23-22(25)4-3-9-24(32(2,26)27)17-6-8-19-21(13-17)31-14-30-19/h5-8,12-13,15H,3-4,9-11,14H2,1-2H3,(H,23,25). The lowest BCUT2D eigenvalue weighted by molar-refractivity contribution is -0.121. The van der Waals surface area contributed by atoms with Crippen LogP contribution in [0.15, 0.2) is 36.4 Å². The highest BCUT2D eigenvalue weighted by molar-refractivity contribution is 7.92. The molecule has 2 aromatic carbocycles. The molecule has 0 radical (unpaired) electrons. The Balaban J connectivity index is 1.33. The van der Waals surface area contributed by atoms with Crippen molar-refractivity contribution in [1.82, 2.24) is 5.32 Å². The van der Waals surface area contributed by atoms with Crippen molar-refractivity contribution in [2.75, 3.05) is 37.1 Å². The van der Waals surface area contributed by atoms with E-state index in [0.717, 1.165) is 11.8 Å². The fourth-order valence-electron chi connectivity index (χ4n) is 3.64. The van der Waals surface area contributed by atoms with E-state index in [0.29, 0.717) is 48.3 Å². The summed E-state index contributed by atoms with van der Waals surface area (Å²) in [6.45, 7) is 3.19. The topological polar surface area (TPSA) is 103 Å². The Labute approximate surface area is 187 Å². The van der Waals surface area contributed by atoms with Gasteiger partial charge in [0.2, 0.25) is 22.7 Å². The quantitative estimate of drug-likeness (QED) is 0.643. The van der Waals surface area contributed by atoms with Crippen LogP contribution in [0.1, 0.15) is 31.4 Å². The summed E-state index contributed by atoms with van der Waals surface area (Å²) in [6.07, 6.45) is 1.69. The Hall–Kier alpha value is -3.14. The lowest BCUT2D eigenvalue weighted by Gasteiger charge is -2.23. The molecule has 2 heterocycles. The van der Waals surface area contributed by atoms with Crippen LogP contribution in [-0.2, 0) is 14.8 Å². The van der Waals surface area contributed by atoms with E-state index in [1.165, 1.54) is 4.31 Å². The van der Waals surface area contributed by atoms with Crippen LogP contribution < -0.4 is 28.6 Å². The molecule has 2 aliphatic rings. The van der Waals surface area contributed by atoms with Gasteiger partial charge in [-0.05, 0) is 43.2 Å². The number of carbonyl (C=O) groups is 1. The van der Waals surface area contributed by atoms with Crippen molar-refractivity contribution in [1.29, 1.82) is 0 Å². The number of anilines is 1. The van der Waals surface area contributed by atoms with Gasteiger partial charge >= 0.3 is 0 Å². The summed E-state index contributed by atoms with van der Waals surface area (Å²) in [7, 11) is -3.53. The summed E-state index contributed by atoms with van der Waals surface area (Å²) < 4.78 is 47.6. The predicted octanol–water partition coefficient (Wildman–Crippen LogP) is 2.61. The molecule has 0 aromatic heterocycles. The smallest absolute Gasteiger partial charge is 0.232 e. The van der Waals surface area contributed by atoms with E-state index >= 15 is 0 Å². The Morgan fingerprint density at radius 2 is 1.66 bits per heavy atom. The van der Waals surface area contributed by atoms with Crippen LogP contribution in [0.4, 0.5) is 5.69 Å². The van der Waals surface area contributed by atoms with Gasteiger partial charge in [-0.1, -0.05) is 6.07 Å². The number of ether oxygens (including phenoxy) is 4. The molecule has 0 saturated heterocycles. The van der Waals surface area contributed by atoms with E-state index in [4.69, 9.17) is 18.9 Å². The first-order valence-corrected chi connectivity index (χ1v) is 12.2. The zero-order valence-electron chi connectivity index (χ0n) is 18.0. The fraction of sp³-hybridized carbons (Fsp3) is 0.409. The Kier molecular flexibility index (Phi) is 6.31. The minimum atomic E-state index is -3.53. The van der Waals surface area contributed by atoms with Crippen molar-refractivity contribution in [3.8, 4) is 23.0 Å². The number of hydrogen-bond donors (Lipinski definition) is 1. The van der Waals surface area contributed by atoms with Crippen molar-refractivity contribution < 1.29 is 32.2 Å². The number of fused-ring (bicyclic) bond motifs is 2. The molecule has 0 fully saturated rings. The van der Waals surface area contributed by atoms with E-state index in [-0.39, 0.29) is 31.7 Å². The number of rotatable bonds is 8. The van der Waals surface area contributed by atoms with Gasteiger partial charge in [0.1, 0.15) is 13.2 Å². The number of benzene rings is 2. The zero-order valence-corrected chi connectivity index (χ0v) is 18.8. The van der Waals surface area contributed by atoms with Crippen molar-refractivity contribution in [3.05, 3.63) is 42.0 Å². The summed E-state index contributed by atoms with van der Waals surface area (Å²) in [4.78, 5) is 12.5. The molecule has 9 nitrogen and oxygen atoms in total. The maximum absolute atomic E-state index is 12.5. The SMILES string of the molecule is CC(NC(=O)CCCN(c1ccc2c(c1)OCO2)S(C)(=O)=O)c1ccc2c(c1)OCCO2. The Morgan fingerprint density at radius 3 is 2.44 bits per heavy atom. The first-order valence-electron chi connectivity index (χ1n) is 10.4. The average molecular weight is 463 g/mol. The molecule has 172 valence electrons. The minimum absolute atomic E-state index is 0.111. The third-order valence-electron chi connectivity index (χ3n) is 5.25. The summed E-state index contributed by atoms with van der Waals surface area (Å²) in [5, 5.41) is 2.95. The van der Waals surface area contributed by atoms with Gasteiger partial charge in [-0.25, -0.2) is 8.42 Å². The molecule has 2 aromatic rings. The molecule has 1 amide bonds. The Morgan fingerprint density at radius 1 is 1.00 bits per heavy atom. The molecule has 2 aliphatic heterocycles.